The van der Waals surface area contributed by atoms with E-state index < -0.39 is 10.2 Å². The lowest BCUT2D eigenvalue weighted by Gasteiger charge is -2.33. The first kappa shape index (κ1) is 19.9. The molecule has 2 aromatic rings. The molecule has 0 spiro atoms. The standard InChI is InChI=1S/C20H26FN3O2S/c1-15-11-17(12-16-6-8-19(21)9-7-16)13-20(22-15)18-5-4-10-24(14-18)27(25,26)23(2)3/h6-9,11,13,18H,4-5,10,12,14H2,1-3H3/t18-/m1/s1. The second-order valence-electron chi connectivity index (χ2n) is 7.33. The minimum Gasteiger partial charge on any atom is -0.258 e. The second-order valence-corrected chi connectivity index (χ2v) is 9.47. The summed E-state index contributed by atoms with van der Waals surface area (Å²) in [5, 5.41) is 0. The molecule has 7 heteroatoms. The molecular formula is C20H26FN3O2S. The predicted octanol–water partition coefficient (Wildman–Crippen LogP) is 3.11. The Hall–Kier alpha value is -1.83. The lowest BCUT2D eigenvalue weighted by molar-refractivity contribution is 0.296. The van der Waals surface area contributed by atoms with Crippen molar-refractivity contribution < 1.29 is 12.8 Å². The molecule has 0 radical (unpaired) electrons. The maximum Gasteiger partial charge on any atom is 0.281 e. The van der Waals surface area contributed by atoms with Gasteiger partial charge in [0.15, 0.2) is 0 Å². The van der Waals surface area contributed by atoms with Gasteiger partial charge in [0.25, 0.3) is 10.2 Å². The molecule has 1 aromatic carbocycles. The van der Waals surface area contributed by atoms with Crippen molar-refractivity contribution in [3.63, 3.8) is 0 Å². The largest absolute Gasteiger partial charge is 0.281 e. The van der Waals surface area contributed by atoms with Crippen LogP contribution >= 0.6 is 0 Å². The van der Waals surface area contributed by atoms with Crippen LogP contribution < -0.4 is 0 Å². The van der Waals surface area contributed by atoms with E-state index >= 15 is 0 Å². The Bertz CT molecular complexity index is 898. The van der Waals surface area contributed by atoms with Crippen molar-refractivity contribution in [3.8, 4) is 0 Å². The highest BCUT2D eigenvalue weighted by molar-refractivity contribution is 7.86. The molecule has 1 aliphatic rings. The number of pyridine rings is 1. The van der Waals surface area contributed by atoms with Gasteiger partial charge in [0.2, 0.25) is 0 Å². The first-order chi connectivity index (χ1) is 12.8. The number of benzene rings is 1. The van der Waals surface area contributed by atoms with Crippen LogP contribution in [-0.2, 0) is 16.6 Å². The molecule has 0 amide bonds. The molecule has 1 aromatic heterocycles. The molecule has 0 bridgehead atoms. The van der Waals surface area contributed by atoms with Crippen molar-refractivity contribution >= 4 is 10.2 Å². The number of rotatable bonds is 5. The highest BCUT2D eigenvalue weighted by Gasteiger charge is 2.31. The summed E-state index contributed by atoms with van der Waals surface area (Å²) in [6, 6.07) is 10.6. The SMILES string of the molecule is Cc1cc(Cc2ccc(F)cc2)cc([C@@H]2CCCN(S(=O)(=O)N(C)C)C2)n1. The van der Waals surface area contributed by atoms with Crippen molar-refractivity contribution in [2.75, 3.05) is 27.2 Å². The van der Waals surface area contributed by atoms with Gasteiger partial charge < -0.3 is 0 Å². The first-order valence-corrected chi connectivity index (χ1v) is 10.5. The van der Waals surface area contributed by atoms with E-state index in [1.54, 1.807) is 30.5 Å². The predicted molar refractivity (Wildman–Crippen MR) is 104 cm³/mol. The van der Waals surface area contributed by atoms with Gasteiger partial charge in [0.05, 0.1) is 0 Å². The molecule has 1 atom stereocenters. The molecule has 0 aliphatic carbocycles. The summed E-state index contributed by atoms with van der Waals surface area (Å²) in [5.41, 5.74) is 3.99. The van der Waals surface area contributed by atoms with Gasteiger partial charge in [-0.1, -0.05) is 12.1 Å². The molecule has 1 saturated heterocycles. The van der Waals surface area contributed by atoms with Crippen LogP contribution in [0.4, 0.5) is 4.39 Å². The zero-order valence-electron chi connectivity index (χ0n) is 16.0. The van der Waals surface area contributed by atoms with E-state index in [0.29, 0.717) is 19.5 Å². The van der Waals surface area contributed by atoms with Gasteiger partial charge in [-0.2, -0.15) is 17.0 Å². The number of halogens is 1. The summed E-state index contributed by atoms with van der Waals surface area (Å²) in [7, 11) is -0.290. The van der Waals surface area contributed by atoms with Gasteiger partial charge in [-0.3, -0.25) is 4.98 Å². The number of hydrogen-bond acceptors (Lipinski definition) is 3. The van der Waals surface area contributed by atoms with Crippen LogP contribution in [0, 0.1) is 12.7 Å². The van der Waals surface area contributed by atoms with E-state index in [4.69, 9.17) is 0 Å². The Morgan fingerprint density at radius 3 is 2.56 bits per heavy atom. The molecule has 0 unspecified atom stereocenters. The van der Waals surface area contributed by atoms with Crippen molar-refractivity contribution in [3.05, 3.63) is 64.7 Å². The van der Waals surface area contributed by atoms with Gasteiger partial charge in [-0.05, 0) is 61.6 Å². The molecular weight excluding hydrogens is 365 g/mol. The smallest absolute Gasteiger partial charge is 0.258 e. The number of aryl methyl sites for hydroxylation is 1. The van der Waals surface area contributed by atoms with Gasteiger partial charge in [-0.25, -0.2) is 4.39 Å². The average Bonchev–Trinajstić information content (AvgIpc) is 2.63. The summed E-state index contributed by atoms with van der Waals surface area (Å²) < 4.78 is 40.9. The fourth-order valence-electron chi connectivity index (χ4n) is 3.54. The van der Waals surface area contributed by atoms with Gasteiger partial charge in [-0.15, -0.1) is 0 Å². The van der Waals surface area contributed by atoms with Crippen molar-refractivity contribution in [2.45, 2.75) is 32.1 Å². The average molecular weight is 392 g/mol. The maximum absolute atomic E-state index is 13.1. The van der Waals surface area contributed by atoms with E-state index in [1.165, 1.54) is 16.4 Å². The number of piperidine rings is 1. The lowest BCUT2D eigenvalue weighted by Crippen LogP contribution is -2.45. The van der Waals surface area contributed by atoms with E-state index in [9.17, 15) is 12.8 Å². The third-order valence-electron chi connectivity index (χ3n) is 4.94. The van der Waals surface area contributed by atoms with Crippen molar-refractivity contribution in [1.29, 1.82) is 0 Å². The fraction of sp³-hybridized carbons (Fsp3) is 0.450. The molecule has 2 heterocycles. The van der Waals surface area contributed by atoms with Crippen LogP contribution in [0.15, 0.2) is 36.4 Å². The summed E-state index contributed by atoms with van der Waals surface area (Å²) in [6.07, 6.45) is 2.44. The zero-order chi connectivity index (χ0) is 19.6. The fourth-order valence-corrected chi connectivity index (χ4v) is 4.73. The molecule has 0 N–H and O–H groups in total. The normalized spacial score (nSPS) is 18.8. The highest BCUT2D eigenvalue weighted by atomic mass is 32.2. The highest BCUT2D eigenvalue weighted by Crippen LogP contribution is 2.29. The van der Waals surface area contributed by atoms with Crippen molar-refractivity contribution in [2.24, 2.45) is 0 Å². The van der Waals surface area contributed by atoms with E-state index in [2.05, 4.69) is 11.1 Å². The Morgan fingerprint density at radius 1 is 1.19 bits per heavy atom. The van der Waals surface area contributed by atoms with E-state index in [-0.39, 0.29) is 11.7 Å². The van der Waals surface area contributed by atoms with E-state index in [1.807, 2.05) is 13.0 Å². The van der Waals surface area contributed by atoms with Crippen LogP contribution in [0.5, 0.6) is 0 Å². The monoisotopic (exact) mass is 391 g/mol. The number of hydrogen-bond donors (Lipinski definition) is 0. The Kier molecular flexibility index (Phi) is 5.93. The maximum atomic E-state index is 13.1. The third kappa shape index (κ3) is 4.72. The van der Waals surface area contributed by atoms with Crippen molar-refractivity contribution in [1.82, 2.24) is 13.6 Å². The van der Waals surface area contributed by atoms with Gasteiger partial charge in [0.1, 0.15) is 5.82 Å². The minimum atomic E-state index is -3.41. The molecule has 27 heavy (non-hydrogen) atoms. The zero-order valence-corrected chi connectivity index (χ0v) is 16.8. The third-order valence-corrected chi connectivity index (χ3v) is 6.85. The lowest BCUT2D eigenvalue weighted by atomic mass is 9.93. The topological polar surface area (TPSA) is 53.5 Å². The van der Waals surface area contributed by atoms with Crippen LogP contribution in [0.1, 0.15) is 41.3 Å². The van der Waals surface area contributed by atoms with Gasteiger partial charge >= 0.3 is 0 Å². The molecule has 1 aliphatic heterocycles. The van der Waals surface area contributed by atoms with Crippen LogP contribution in [-0.4, -0.2) is 49.2 Å². The first-order valence-electron chi connectivity index (χ1n) is 9.15. The van der Waals surface area contributed by atoms with Crippen LogP contribution in [0.25, 0.3) is 0 Å². The van der Waals surface area contributed by atoms with E-state index in [0.717, 1.165) is 35.4 Å². The Labute approximate surface area is 161 Å². The second kappa shape index (κ2) is 8.04. The van der Waals surface area contributed by atoms with Gasteiger partial charge in [0, 0.05) is 44.5 Å². The molecule has 1 fully saturated rings. The molecule has 146 valence electrons. The Morgan fingerprint density at radius 2 is 1.89 bits per heavy atom. The minimum absolute atomic E-state index is 0.0837. The van der Waals surface area contributed by atoms with Crippen LogP contribution in [0.2, 0.25) is 0 Å². The summed E-state index contributed by atoms with van der Waals surface area (Å²) in [4.78, 5) is 4.68. The quantitative estimate of drug-likeness (QED) is 0.787. The summed E-state index contributed by atoms with van der Waals surface area (Å²) >= 11 is 0. The Balaban J connectivity index is 1.82. The molecule has 5 nitrogen and oxygen atoms in total. The number of nitrogens with zero attached hydrogens (tertiary/aromatic N) is 3. The number of aromatic nitrogens is 1. The molecule has 0 saturated carbocycles. The molecule has 3 rings (SSSR count). The summed E-state index contributed by atoms with van der Waals surface area (Å²) in [6.45, 7) is 2.95. The van der Waals surface area contributed by atoms with Crippen LogP contribution in [0.3, 0.4) is 0 Å². The summed E-state index contributed by atoms with van der Waals surface area (Å²) in [5.74, 6) is -0.157.